The van der Waals surface area contributed by atoms with Crippen LogP contribution in [0, 0.1) is 0 Å². The Morgan fingerprint density at radius 2 is 2.25 bits per heavy atom. The minimum atomic E-state index is -0.823. The highest BCUT2D eigenvalue weighted by Gasteiger charge is 2.17. The Kier molecular flexibility index (Phi) is 3.30. The van der Waals surface area contributed by atoms with Gasteiger partial charge in [0.15, 0.2) is 0 Å². The van der Waals surface area contributed by atoms with E-state index in [1.807, 2.05) is 18.2 Å². The predicted octanol–water partition coefficient (Wildman–Crippen LogP) is 4.31. The van der Waals surface area contributed by atoms with Gasteiger partial charge < -0.3 is 5.11 Å². The summed E-state index contributed by atoms with van der Waals surface area (Å²) >= 11 is 4.81. The van der Waals surface area contributed by atoms with Gasteiger partial charge in [-0.05, 0) is 39.4 Å². The van der Waals surface area contributed by atoms with E-state index in [2.05, 4.69) is 22.9 Å². The molecule has 0 fully saturated rings. The summed E-state index contributed by atoms with van der Waals surface area (Å²) in [6.07, 6.45) is 1.77. The molecule has 0 radical (unpaired) electrons. The Bertz CT molecular complexity index is 545. The van der Waals surface area contributed by atoms with Crippen LogP contribution in [-0.4, -0.2) is 11.1 Å². The molecule has 0 bridgehead atoms. The van der Waals surface area contributed by atoms with Crippen LogP contribution in [0.1, 0.15) is 28.6 Å². The van der Waals surface area contributed by atoms with E-state index >= 15 is 0 Å². The van der Waals surface area contributed by atoms with Gasteiger partial charge in [0.25, 0.3) is 0 Å². The first-order chi connectivity index (χ1) is 7.65. The van der Waals surface area contributed by atoms with E-state index in [-0.39, 0.29) is 0 Å². The van der Waals surface area contributed by atoms with E-state index in [0.29, 0.717) is 4.88 Å². The number of aromatic carboxylic acids is 1. The molecule has 1 aromatic heterocycles. The summed E-state index contributed by atoms with van der Waals surface area (Å²) in [7, 11) is 0. The van der Waals surface area contributed by atoms with Crippen LogP contribution in [0.15, 0.2) is 22.7 Å². The van der Waals surface area contributed by atoms with Crippen molar-refractivity contribution in [3.8, 4) is 0 Å². The molecule has 0 aliphatic rings. The highest BCUT2D eigenvalue weighted by atomic mass is 79.9. The van der Waals surface area contributed by atoms with Crippen LogP contribution in [0.2, 0.25) is 0 Å². The van der Waals surface area contributed by atoms with Crippen molar-refractivity contribution in [1.29, 1.82) is 0 Å². The zero-order valence-electron chi connectivity index (χ0n) is 8.79. The first kappa shape index (κ1) is 11.6. The van der Waals surface area contributed by atoms with Gasteiger partial charge in [0.05, 0.1) is 0 Å². The van der Waals surface area contributed by atoms with E-state index in [1.165, 1.54) is 11.3 Å². The second-order valence-electron chi connectivity index (χ2n) is 3.58. The molecule has 0 saturated heterocycles. The van der Waals surface area contributed by atoms with Gasteiger partial charge in [-0.25, -0.2) is 4.79 Å². The Balaban J connectivity index is 2.75. The van der Waals surface area contributed by atoms with Crippen LogP contribution in [-0.2, 0) is 6.42 Å². The number of carboxylic acids is 1. The van der Waals surface area contributed by atoms with Gasteiger partial charge in [-0.15, -0.1) is 11.3 Å². The highest BCUT2D eigenvalue weighted by molar-refractivity contribution is 9.10. The van der Waals surface area contributed by atoms with E-state index in [1.54, 1.807) is 0 Å². The summed E-state index contributed by atoms with van der Waals surface area (Å²) in [5, 5.41) is 10.2. The van der Waals surface area contributed by atoms with Crippen molar-refractivity contribution >= 4 is 43.3 Å². The molecule has 0 aliphatic heterocycles. The standard InChI is InChI=1S/C12H11BrO2S/c1-2-4-7-8-5-3-6-9(13)10(8)16-11(7)12(14)15/h3,5-6H,2,4H2,1H3,(H,14,15). The van der Waals surface area contributed by atoms with Gasteiger partial charge in [0.1, 0.15) is 4.88 Å². The minimum absolute atomic E-state index is 0.476. The third-order valence-corrected chi connectivity index (χ3v) is 4.66. The van der Waals surface area contributed by atoms with Crippen LogP contribution in [0.4, 0.5) is 0 Å². The average Bonchev–Trinajstić information content (AvgIpc) is 2.60. The van der Waals surface area contributed by atoms with Crippen molar-refractivity contribution in [2.24, 2.45) is 0 Å². The summed E-state index contributed by atoms with van der Waals surface area (Å²) in [5.41, 5.74) is 0.969. The normalized spacial score (nSPS) is 10.9. The van der Waals surface area contributed by atoms with Crippen molar-refractivity contribution in [3.05, 3.63) is 33.1 Å². The SMILES string of the molecule is CCCc1c(C(=O)O)sc2c(Br)cccc12. The van der Waals surface area contributed by atoms with Crippen LogP contribution in [0.5, 0.6) is 0 Å². The summed E-state index contributed by atoms with van der Waals surface area (Å²) in [6.45, 7) is 2.06. The predicted molar refractivity (Wildman–Crippen MR) is 70.5 cm³/mol. The molecule has 2 aromatic rings. The number of carbonyl (C=O) groups is 1. The Hall–Kier alpha value is -0.870. The maximum atomic E-state index is 11.2. The number of halogens is 1. The zero-order chi connectivity index (χ0) is 11.7. The molecule has 0 unspecified atom stereocenters. The molecule has 0 amide bonds. The quantitative estimate of drug-likeness (QED) is 0.916. The van der Waals surface area contributed by atoms with Gasteiger partial charge in [-0.3, -0.25) is 0 Å². The van der Waals surface area contributed by atoms with Gasteiger partial charge >= 0.3 is 5.97 Å². The second-order valence-corrected chi connectivity index (χ2v) is 5.46. The molecule has 0 atom stereocenters. The van der Waals surface area contributed by atoms with Crippen molar-refractivity contribution in [3.63, 3.8) is 0 Å². The Labute approximate surface area is 106 Å². The fourth-order valence-corrected chi connectivity index (χ4v) is 3.51. The molecule has 4 heteroatoms. The molecule has 1 heterocycles. The lowest BCUT2D eigenvalue weighted by Gasteiger charge is -1.98. The molecule has 2 rings (SSSR count). The topological polar surface area (TPSA) is 37.3 Å². The number of carboxylic acid groups (broad SMARTS) is 1. The third-order valence-electron chi connectivity index (χ3n) is 2.46. The minimum Gasteiger partial charge on any atom is -0.477 e. The molecule has 16 heavy (non-hydrogen) atoms. The number of fused-ring (bicyclic) bond motifs is 1. The largest absolute Gasteiger partial charge is 0.477 e. The fraction of sp³-hybridized carbons (Fsp3) is 0.250. The molecule has 84 valence electrons. The van der Waals surface area contributed by atoms with Crippen molar-refractivity contribution < 1.29 is 9.90 Å². The summed E-state index contributed by atoms with van der Waals surface area (Å²) in [5.74, 6) is -0.823. The van der Waals surface area contributed by atoms with E-state index in [9.17, 15) is 9.90 Å². The third kappa shape index (κ3) is 1.87. The maximum Gasteiger partial charge on any atom is 0.346 e. The summed E-state index contributed by atoms with van der Waals surface area (Å²) < 4.78 is 2.00. The first-order valence-electron chi connectivity index (χ1n) is 5.08. The van der Waals surface area contributed by atoms with Gasteiger partial charge in [-0.1, -0.05) is 25.5 Å². The number of hydrogen-bond donors (Lipinski definition) is 1. The number of thiophene rings is 1. The number of aryl methyl sites for hydroxylation is 1. The van der Waals surface area contributed by atoms with E-state index in [4.69, 9.17) is 0 Å². The molecule has 0 aliphatic carbocycles. The average molecular weight is 299 g/mol. The Morgan fingerprint density at radius 1 is 1.50 bits per heavy atom. The number of rotatable bonds is 3. The smallest absolute Gasteiger partial charge is 0.346 e. The second kappa shape index (κ2) is 4.55. The van der Waals surface area contributed by atoms with Gasteiger partial charge in [0.2, 0.25) is 0 Å². The number of hydrogen-bond acceptors (Lipinski definition) is 2. The first-order valence-corrected chi connectivity index (χ1v) is 6.69. The molecule has 1 aromatic carbocycles. The van der Waals surface area contributed by atoms with Crippen molar-refractivity contribution in [2.45, 2.75) is 19.8 Å². The lowest BCUT2D eigenvalue weighted by molar-refractivity contribution is 0.0701. The fourth-order valence-electron chi connectivity index (χ4n) is 1.81. The molecular formula is C12H11BrO2S. The van der Waals surface area contributed by atoms with Gasteiger partial charge in [-0.2, -0.15) is 0 Å². The zero-order valence-corrected chi connectivity index (χ0v) is 11.2. The molecule has 0 saturated carbocycles. The van der Waals surface area contributed by atoms with E-state index < -0.39 is 5.97 Å². The van der Waals surface area contributed by atoms with Crippen LogP contribution in [0.3, 0.4) is 0 Å². The lowest BCUT2D eigenvalue weighted by Crippen LogP contribution is -1.97. The van der Waals surface area contributed by atoms with Crippen molar-refractivity contribution in [2.75, 3.05) is 0 Å². The summed E-state index contributed by atoms with van der Waals surface area (Å²) in [4.78, 5) is 11.6. The lowest BCUT2D eigenvalue weighted by atomic mass is 10.1. The van der Waals surface area contributed by atoms with Crippen LogP contribution >= 0.6 is 27.3 Å². The molecule has 2 nitrogen and oxygen atoms in total. The van der Waals surface area contributed by atoms with Crippen molar-refractivity contribution in [1.82, 2.24) is 0 Å². The molecule has 0 spiro atoms. The van der Waals surface area contributed by atoms with Crippen LogP contribution < -0.4 is 0 Å². The maximum absolute atomic E-state index is 11.2. The molecular weight excluding hydrogens is 288 g/mol. The molecule has 1 N–H and O–H groups in total. The highest BCUT2D eigenvalue weighted by Crippen LogP contribution is 2.36. The van der Waals surface area contributed by atoms with E-state index in [0.717, 1.165) is 33.0 Å². The monoisotopic (exact) mass is 298 g/mol. The van der Waals surface area contributed by atoms with Gasteiger partial charge in [0, 0.05) is 9.17 Å². The number of benzene rings is 1. The summed E-state index contributed by atoms with van der Waals surface area (Å²) in [6, 6.07) is 5.89. The Morgan fingerprint density at radius 3 is 2.88 bits per heavy atom. The van der Waals surface area contributed by atoms with Crippen LogP contribution in [0.25, 0.3) is 10.1 Å².